The number of rotatable bonds is 5. The average molecular weight is 258 g/mol. The van der Waals surface area contributed by atoms with Crippen LogP contribution in [0.3, 0.4) is 0 Å². The summed E-state index contributed by atoms with van der Waals surface area (Å²) in [7, 11) is -2.08. The summed E-state index contributed by atoms with van der Waals surface area (Å²) < 4.78 is 31.6. The van der Waals surface area contributed by atoms with Crippen molar-refractivity contribution in [3.8, 4) is 0 Å². The fourth-order valence-corrected chi connectivity index (χ4v) is 3.24. The second-order valence-electron chi connectivity index (χ2n) is 3.97. The topological polar surface area (TPSA) is 81.4 Å². The van der Waals surface area contributed by atoms with Gasteiger partial charge in [-0.2, -0.15) is 0 Å². The summed E-state index contributed by atoms with van der Waals surface area (Å²) in [6, 6.07) is 4.71. The number of nitrogens with two attached hydrogens (primary N) is 1. The fraction of sp³-hybridized carbons (Fsp3) is 0.455. The Hall–Kier alpha value is -1.11. The first kappa shape index (κ1) is 14.0. The molecule has 6 heteroatoms. The van der Waals surface area contributed by atoms with Gasteiger partial charge in [0.2, 0.25) is 10.0 Å². The van der Waals surface area contributed by atoms with Crippen LogP contribution in [0.25, 0.3) is 0 Å². The number of benzene rings is 1. The summed E-state index contributed by atoms with van der Waals surface area (Å²) in [6.07, 6.45) is 0. The van der Waals surface area contributed by atoms with Gasteiger partial charge in [0.25, 0.3) is 0 Å². The van der Waals surface area contributed by atoms with Crippen molar-refractivity contribution in [3.05, 3.63) is 23.8 Å². The number of nitrogens with one attached hydrogen (secondary N) is 1. The van der Waals surface area contributed by atoms with Crippen LogP contribution in [0.4, 0.5) is 5.69 Å². The zero-order chi connectivity index (χ0) is 13.1. The van der Waals surface area contributed by atoms with Crippen LogP contribution < -0.4 is 10.5 Å². The summed E-state index contributed by atoms with van der Waals surface area (Å²) in [5, 5.41) is 0. The van der Waals surface area contributed by atoms with E-state index in [1.54, 1.807) is 32.0 Å². The van der Waals surface area contributed by atoms with Crippen molar-refractivity contribution in [1.29, 1.82) is 0 Å². The van der Waals surface area contributed by atoms with E-state index in [1.807, 2.05) is 0 Å². The van der Waals surface area contributed by atoms with Gasteiger partial charge in [-0.05, 0) is 25.5 Å². The maximum absolute atomic E-state index is 12.1. The molecule has 0 spiro atoms. The highest BCUT2D eigenvalue weighted by atomic mass is 32.2. The van der Waals surface area contributed by atoms with Crippen LogP contribution in [0.1, 0.15) is 12.5 Å². The third-order valence-electron chi connectivity index (χ3n) is 2.28. The molecule has 17 heavy (non-hydrogen) atoms. The first-order valence-corrected chi connectivity index (χ1v) is 6.73. The SMILES string of the molecule is COCC(C)NS(=O)(=O)c1c(C)cccc1N. The van der Waals surface area contributed by atoms with Gasteiger partial charge in [0, 0.05) is 13.2 Å². The molecule has 1 rings (SSSR count). The molecule has 0 saturated heterocycles. The lowest BCUT2D eigenvalue weighted by Gasteiger charge is -2.15. The van der Waals surface area contributed by atoms with Gasteiger partial charge >= 0.3 is 0 Å². The summed E-state index contributed by atoms with van der Waals surface area (Å²) in [5.74, 6) is 0. The van der Waals surface area contributed by atoms with E-state index in [0.717, 1.165) is 0 Å². The second kappa shape index (κ2) is 5.48. The van der Waals surface area contributed by atoms with Crippen molar-refractivity contribution in [3.63, 3.8) is 0 Å². The summed E-state index contributed by atoms with van der Waals surface area (Å²) in [6.45, 7) is 3.76. The molecule has 0 radical (unpaired) electrons. The molecule has 0 heterocycles. The van der Waals surface area contributed by atoms with Gasteiger partial charge in [0.1, 0.15) is 4.90 Å². The predicted octanol–water partition coefficient (Wildman–Crippen LogP) is 0.890. The van der Waals surface area contributed by atoms with Gasteiger partial charge in [-0.3, -0.25) is 0 Å². The van der Waals surface area contributed by atoms with Gasteiger partial charge in [0.05, 0.1) is 12.3 Å². The van der Waals surface area contributed by atoms with Crippen LogP contribution in [0.2, 0.25) is 0 Å². The van der Waals surface area contributed by atoms with E-state index in [4.69, 9.17) is 10.5 Å². The lowest BCUT2D eigenvalue weighted by molar-refractivity contribution is 0.180. The Kier molecular flexibility index (Phi) is 4.50. The van der Waals surface area contributed by atoms with E-state index in [0.29, 0.717) is 12.2 Å². The van der Waals surface area contributed by atoms with Crippen molar-refractivity contribution < 1.29 is 13.2 Å². The van der Waals surface area contributed by atoms with Crippen LogP contribution >= 0.6 is 0 Å². The number of aryl methyl sites for hydroxylation is 1. The van der Waals surface area contributed by atoms with E-state index in [1.165, 1.54) is 7.11 Å². The number of ether oxygens (including phenoxy) is 1. The van der Waals surface area contributed by atoms with Gasteiger partial charge in [0.15, 0.2) is 0 Å². The Labute approximate surface area is 102 Å². The number of methoxy groups -OCH3 is 1. The largest absolute Gasteiger partial charge is 0.398 e. The number of sulfonamides is 1. The van der Waals surface area contributed by atoms with Gasteiger partial charge in [-0.15, -0.1) is 0 Å². The predicted molar refractivity (Wildman–Crippen MR) is 67.3 cm³/mol. The molecule has 0 aliphatic rings. The Balaban J connectivity index is 3.06. The van der Waals surface area contributed by atoms with Crippen LogP contribution in [-0.4, -0.2) is 28.2 Å². The molecule has 1 aromatic carbocycles. The van der Waals surface area contributed by atoms with Gasteiger partial charge in [-0.25, -0.2) is 13.1 Å². The maximum Gasteiger partial charge on any atom is 0.243 e. The van der Waals surface area contributed by atoms with Crippen molar-refractivity contribution in [2.24, 2.45) is 0 Å². The standard InChI is InChI=1S/C11H18N2O3S/c1-8-5-4-6-10(12)11(8)17(14,15)13-9(2)7-16-3/h4-6,9,13H,7,12H2,1-3H3. The quantitative estimate of drug-likeness (QED) is 0.769. The van der Waals surface area contributed by atoms with Gasteiger partial charge in [-0.1, -0.05) is 12.1 Å². The maximum atomic E-state index is 12.1. The number of hydrogen-bond acceptors (Lipinski definition) is 4. The van der Waals surface area contributed by atoms with Crippen LogP contribution in [0, 0.1) is 6.92 Å². The van der Waals surface area contributed by atoms with Crippen molar-refractivity contribution in [2.75, 3.05) is 19.5 Å². The molecule has 0 bridgehead atoms. The molecule has 5 nitrogen and oxygen atoms in total. The Morgan fingerprint density at radius 3 is 2.65 bits per heavy atom. The summed E-state index contributed by atoms with van der Waals surface area (Å²) in [5.41, 5.74) is 6.59. The summed E-state index contributed by atoms with van der Waals surface area (Å²) >= 11 is 0. The van der Waals surface area contributed by atoms with E-state index in [-0.39, 0.29) is 16.6 Å². The highest BCUT2D eigenvalue weighted by molar-refractivity contribution is 7.89. The second-order valence-corrected chi connectivity index (χ2v) is 5.62. The molecular weight excluding hydrogens is 240 g/mol. The molecule has 96 valence electrons. The fourth-order valence-electron chi connectivity index (χ4n) is 1.65. The highest BCUT2D eigenvalue weighted by Crippen LogP contribution is 2.22. The van der Waals surface area contributed by atoms with E-state index in [2.05, 4.69) is 4.72 Å². The zero-order valence-electron chi connectivity index (χ0n) is 10.2. The lowest BCUT2D eigenvalue weighted by atomic mass is 10.2. The van der Waals surface area contributed by atoms with Crippen molar-refractivity contribution >= 4 is 15.7 Å². The smallest absolute Gasteiger partial charge is 0.243 e. The van der Waals surface area contributed by atoms with Crippen molar-refractivity contribution in [1.82, 2.24) is 4.72 Å². The molecule has 0 aliphatic heterocycles. The molecule has 0 fully saturated rings. The third kappa shape index (κ3) is 3.42. The Morgan fingerprint density at radius 1 is 1.47 bits per heavy atom. The van der Waals surface area contributed by atoms with E-state index >= 15 is 0 Å². The molecule has 0 amide bonds. The molecule has 0 aliphatic carbocycles. The molecule has 0 aromatic heterocycles. The molecular formula is C11H18N2O3S. The monoisotopic (exact) mass is 258 g/mol. The first-order valence-electron chi connectivity index (χ1n) is 5.25. The number of nitrogen functional groups attached to an aromatic ring is 1. The van der Waals surface area contributed by atoms with Crippen LogP contribution in [-0.2, 0) is 14.8 Å². The molecule has 3 N–H and O–H groups in total. The molecule has 1 aromatic rings. The first-order chi connectivity index (χ1) is 7.88. The Bertz CT molecular complexity index is 465. The Morgan fingerprint density at radius 2 is 2.12 bits per heavy atom. The minimum absolute atomic E-state index is 0.142. The molecule has 1 atom stereocenters. The molecule has 1 unspecified atom stereocenters. The summed E-state index contributed by atoms with van der Waals surface area (Å²) in [4.78, 5) is 0.142. The number of anilines is 1. The van der Waals surface area contributed by atoms with Gasteiger partial charge < -0.3 is 10.5 Å². The van der Waals surface area contributed by atoms with Crippen LogP contribution in [0.15, 0.2) is 23.1 Å². The minimum atomic E-state index is -3.60. The normalized spacial score (nSPS) is 13.6. The minimum Gasteiger partial charge on any atom is -0.398 e. The third-order valence-corrected chi connectivity index (χ3v) is 4.09. The average Bonchev–Trinajstić information content (AvgIpc) is 2.15. The van der Waals surface area contributed by atoms with E-state index in [9.17, 15) is 8.42 Å². The molecule has 0 saturated carbocycles. The van der Waals surface area contributed by atoms with Crippen LogP contribution in [0.5, 0.6) is 0 Å². The number of hydrogen-bond donors (Lipinski definition) is 2. The zero-order valence-corrected chi connectivity index (χ0v) is 11.0. The van der Waals surface area contributed by atoms with E-state index < -0.39 is 10.0 Å². The highest BCUT2D eigenvalue weighted by Gasteiger charge is 2.21. The lowest BCUT2D eigenvalue weighted by Crippen LogP contribution is -2.36. The van der Waals surface area contributed by atoms with Crippen molar-refractivity contribution in [2.45, 2.75) is 24.8 Å².